The molecule has 0 radical (unpaired) electrons. The third-order valence-corrected chi connectivity index (χ3v) is 3.56. The molecule has 1 aliphatic carbocycles. The number of carboxylic acids is 1. The van der Waals surface area contributed by atoms with Crippen LogP contribution in [0, 0.1) is 5.92 Å². The minimum Gasteiger partial charge on any atom is -0.480 e. The highest BCUT2D eigenvalue weighted by molar-refractivity contribution is 9.10. The van der Waals surface area contributed by atoms with Crippen LogP contribution in [0.4, 0.5) is 5.69 Å². The van der Waals surface area contributed by atoms with Crippen LogP contribution in [0.3, 0.4) is 0 Å². The largest absolute Gasteiger partial charge is 0.480 e. The van der Waals surface area contributed by atoms with E-state index in [2.05, 4.69) is 15.9 Å². The summed E-state index contributed by atoms with van der Waals surface area (Å²) in [5.74, 6) is -0.954. The Kier molecular flexibility index (Phi) is 4.09. The molecule has 0 aliphatic heterocycles. The van der Waals surface area contributed by atoms with Crippen LogP contribution in [-0.2, 0) is 4.79 Å². The van der Waals surface area contributed by atoms with Crippen molar-refractivity contribution in [3.05, 3.63) is 28.2 Å². The van der Waals surface area contributed by atoms with Gasteiger partial charge in [-0.15, -0.1) is 0 Å². The lowest BCUT2D eigenvalue weighted by Gasteiger charge is -2.24. The second-order valence-corrected chi connectivity index (χ2v) is 5.66. The minimum absolute atomic E-state index is 0.127. The summed E-state index contributed by atoms with van der Waals surface area (Å²) in [5.41, 5.74) is 6.30. The molecule has 1 aliphatic rings. The quantitative estimate of drug-likeness (QED) is 0.835. The number of carbonyl (C=O) groups excluding carboxylic acids is 1. The third-order valence-electron chi connectivity index (χ3n) is 3.07. The van der Waals surface area contributed by atoms with E-state index in [9.17, 15) is 9.59 Å². The molecule has 2 rings (SSSR count). The molecule has 5 nitrogen and oxygen atoms in total. The lowest BCUT2D eigenvalue weighted by molar-refractivity contribution is -0.135. The lowest BCUT2D eigenvalue weighted by atomic mass is 10.1. The molecular weight excluding hydrogens is 312 g/mol. The number of carboxylic acid groups (broad SMARTS) is 1. The number of nitrogens with zero attached hydrogens (tertiary/aromatic N) is 1. The van der Waals surface area contributed by atoms with Crippen LogP contribution in [0.2, 0.25) is 0 Å². The summed E-state index contributed by atoms with van der Waals surface area (Å²) < 4.78 is 0.742. The number of hydrogen-bond donors (Lipinski definition) is 2. The van der Waals surface area contributed by atoms with Crippen molar-refractivity contribution in [3.63, 3.8) is 0 Å². The predicted molar refractivity (Wildman–Crippen MR) is 75.2 cm³/mol. The van der Waals surface area contributed by atoms with Crippen LogP contribution < -0.4 is 10.6 Å². The van der Waals surface area contributed by atoms with Crippen molar-refractivity contribution in [1.29, 1.82) is 0 Å². The number of primary amides is 1. The van der Waals surface area contributed by atoms with Crippen molar-refractivity contribution in [3.8, 4) is 0 Å². The van der Waals surface area contributed by atoms with E-state index in [1.54, 1.807) is 23.1 Å². The molecule has 0 unspecified atom stereocenters. The SMILES string of the molecule is NC(=O)c1cc(Br)ccc1N(CC(=O)O)CC1CC1. The Bertz CT molecular complexity index is 515. The molecule has 0 bridgehead atoms. The van der Waals surface area contributed by atoms with E-state index in [1.807, 2.05) is 0 Å². The molecule has 1 aromatic carbocycles. The lowest BCUT2D eigenvalue weighted by Crippen LogP contribution is -2.33. The number of hydrogen-bond acceptors (Lipinski definition) is 3. The molecule has 6 heteroatoms. The number of nitrogens with two attached hydrogens (primary N) is 1. The number of aliphatic carboxylic acids is 1. The summed E-state index contributed by atoms with van der Waals surface area (Å²) in [6.45, 7) is 0.520. The van der Waals surface area contributed by atoms with Crippen molar-refractivity contribution >= 4 is 33.5 Å². The molecule has 1 fully saturated rings. The van der Waals surface area contributed by atoms with Crippen LogP contribution in [0.5, 0.6) is 0 Å². The number of benzene rings is 1. The van der Waals surface area contributed by atoms with Gasteiger partial charge >= 0.3 is 5.97 Å². The van der Waals surface area contributed by atoms with Gasteiger partial charge in [0.1, 0.15) is 6.54 Å². The minimum atomic E-state index is -0.918. The van der Waals surface area contributed by atoms with Gasteiger partial charge in [-0.25, -0.2) is 0 Å². The van der Waals surface area contributed by atoms with Crippen molar-refractivity contribution in [2.24, 2.45) is 11.7 Å². The van der Waals surface area contributed by atoms with Gasteiger partial charge in [0.25, 0.3) is 5.91 Å². The van der Waals surface area contributed by atoms with Crippen LogP contribution in [0.1, 0.15) is 23.2 Å². The first-order chi connectivity index (χ1) is 8.97. The molecular formula is C13H15BrN2O3. The Hall–Kier alpha value is -1.56. The summed E-state index contributed by atoms with van der Waals surface area (Å²) in [7, 11) is 0. The van der Waals surface area contributed by atoms with Gasteiger partial charge in [-0.2, -0.15) is 0 Å². The number of rotatable bonds is 6. The first kappa shape index (κ1) is 13.9. The highest BCUT2D eigenvalue weighted by Crippen LogP contribution is 2.33. The fourth-order valence-corrected chi connectivity index (χ4v) is 2.37. The average molecular weight is 327 g/mol. The molecule has 3 N–H and O–H groups in total. The Balaban J connectivity index is 2.33. The average Bonchev–Trinajstić information content (AvgIpc) is 3.11. The highest BCUT2D eigenvalue weighted by Gasteiger charge is 2.27. The van der Waals surface area contributed by atoms with Crippen LogP contribution in [-0.4, -0.2) is 30.1 Å². The molecule has 19 heavy (non-hydrogen) atoms. The summed E-state index contributed by atoms with van der Waals surface area (Å²) >= 11 is 3.29. The number of amides is 1. The van der Waals surface area contributed by atoms with Crippen molar-refractivity contribution in [2.75, 3.05) is 18.0 Å². The topological polar surface area (TPSA) is 83.6 Å². The summed E-state index contributed by atoms with van der Waals surface area (Å²) in [4.78, 5) is 24.2. The fraction of sp³-hybridized carbons (Fsp3) is 0.385. The molecule has 0 aromatic heterocycles. The summed E-state index contributed by atoms with van der Waals surface area (Å²) in [6.07, 6.45) is 2.22. The van der Waals surface area contributed by atoms with E-state index < -0.39 is 11.9 Å². The van der Waals surface area contributed by atoms with Gasteiger partial charge in [0, 0.05) is 11.0 Å². The zero-order valence-corrected chi connectivity index (χ0v) is 11.9. The monoisotopic (exact) mass is 326 g/mol. The number of halogens is 1. The zero-order valence-electron chi connectivity index (χ0n) is 10.3. The van der Waals surface area contributed by atoms with E-state index in [4.69, 9.17) is 10.8 Å². The zero-order chi connectivity index (χ0) is 14.0. The maximum Gasteiger partial charge on any atom is 0.323 e. The van der Waals surface area contributed by atoms with E-state index >= 15 is 0 Å². The number of anilines is 1. The molecule has 0 spiro atoms. The number of carbonyl (C=O) groups is 2. The highest BCUT2D eigenvalue weighted by atomic mass is 79.9. The molecule has 1 aromatic rings. The maximum absolute atomic E-state index is 11.5. The van der Waals surface area contributed by atoms with Crippen LogP contribution in [0.15, 0.2) is 22.7 Å². The van der Waals surface area contributed by atoms with E-state index in [0.29, 0.717) is 23.7 Å². The van der Waals surface area contributed by atoms with Gasteiger partial charge in [0.15, 0.2) is 0 Å². The molecule has 102 valence electrons. The molecule has 0 saturated heterocycles. The predicted octanol–water partition coefficient (Wildman–Crippen LogP) is 1.85. The van der Waals surface area contributed by atoms with Crippen molar-refractivity contribution in [1.82, 2.24) is 0 Å². The molecule has 1 amide bonds. The van der Waals surface area contributed by atoms with E-state index in [0.717, 1.165) is 17.3 Å². The van der Waals surface area contributed by atoms with Gasteiger partial charge in [-0.05, 0) is 37.0 Å². The van der Waals surface area contributed by atoms with Gasteiger partial charge in [0.05, 0.1) is 11.3 Å². The van der Waals surface area contributed by atoms with Gasteiger partial charge < -0.3 is 15.7 Å². The molecule has 0 heterocycles. The second-order valence-electron chi connectivity index (χ2n) is 4.74. The Morgan fingerprint density at radius 3 is 2.63 bits per heavy atom. The Morgan fingerprint density at radius 2 is 2.11 bits per heavy atom. The summed E-state index contributed by atoms with van der Waals surface area (Å²) in [5, 5.41) is 9.00. The standard InChI is InChI=1S/C13H15BrN2O3/c14-9-3-4-11(10(5-9)13(15)19)16(7-12(17)18)6-8-1-2-8/h3-5,8H,1-2,6-7H2,(H2,15,19)(H,17,18). The Labute approximate surface area is 119 Å². The maximum atomic E-state index is 11.5. The van der Waals surface area contributed by atoms with Crippen LogP contribution >= 0.6 is 15.9 Å². The smallest absolute Gasteiger partial charge is 0.323 e. The van der Waals surface area contributed by atoms with Crippen molar-refractivity contribution in [2.45, 2.75) is 12.8 Å². The van der Waals surface area contributed by atoms with E-state index in [1.165, 1.54) is 0 Å². The first-order valence-electron chi connectivity index (χ1n) is 6.03. The van der Waals surface area contributed by atoms with Gasteiger partial charge in [-0.1, -0.05) is 15.9 Å². The summed E-state index contributed by atoms with van der Waals surface area (Å²) in [6, 6.07) is 5.14. The van der Waals surface area contributed by atoms with Gasteiger partial charge in [-0.3, -0.25) is 9.59 Å². The molecule has 0 atom stereocenters. The Morgan fingerprint density at radius 1 is 1.42 bits per heavy atom. The normalized spacial score (nSPS) is 14.2. The molecule has 1 saturated carbocycles. The first-order valence-corrected chi connectivity index (χ1v) is 6.82. The van der Waals surface area contributed by atoms with Crippen molar-refractivity contribution < 1.29 is 14.7 Å². The van der Waals surface area contributed by atoms with Gasteiger partial charge in [0.2, 0.25) is 0 Å². The fourth-order valence-electron chi connectivity index (χ4n) is 2.00. The van der Waals surface area contributed by atoms with Crippen LogP contribution in [0.25, 0.3) is 0 Å². The third kappa shape index (κ3) is 3.70. The second kappa shape index (κ2) is 5.61. The van der Waals surface area contributed by atoms with E-state index in [-0.39, 0.29) is 6.54 Å².